The normalized spacial score (nSPS) is 11.7. The van der Waals surface area contributed by atoms with Crippen molar-refractivity contribution >= 4 is 16.8 Å². The topological polar surface area (TPSA) is 56.0 Å². The van der Waals surface area contributed by atoms with Crippen LogP contribution >= 0.6 is 0 Å². The highest BCUT2D eigenvalue weighted by atomic mass is 19.4. The summed E-state index contributed by atoms with van der Waals surface area (Å²) in [7, 11) is 0. The maximum absolute atomic E-state index is 12.7. The third kappa shape index (κ3) is 2.06. The predicted molar refractivity (Wildman–Crippen MR) is 55.3 cm³/mol. The van der Waals surface area contributed by atoms with Crippen LogP contribution < -0.4 is 5.73 Å². The van der Waals surface area contributed by atoms with Crippen LogP contribution in [0.2, 0.25) is 0 Å². The number of fused-ring (bicyclic) bond motifs is 1. The number of nitrogens with two attached hydrogens (primary N) is 1. The number of hydrogen-bond acceptors (Lipinski definition) is 2. The number of alkyl halides is 3. The lowest BCUT2D eigenvalue weighted by atomic mass is 10.1. The van der Waals surface area contributed by atoms with Crippen LogP contribution in [0.25, 0.3) is 10.9 Å². The number of carbonyl (C=O) groups is 1. The standard InChI is InChI=1S/C11H7F3N2O/c12-11(13,14)7-5-6-3-1-2-4-8(6)16-9(7)10(15)17/h1-5H,(H2,15,17). The molecule has 2 N–H and O–H groups in total. The number of hydrogen-bond donors (Lipinski definition) is 1. The second-order valence-corrected chi connectivity index (χ2v) is 3.44. The van der Waals surface area contributed by atoms with Gasteiger partial charge in [-0.15, -0.1) is 0 Å². The zero-order valence-corrected chi connectivity index (χ0v) is 8.45. The molecule has 3 nitrogen and oxygen atoms in total. The van der Waals surface area contributed by atoms with Gasteiger partial charge in [-0.05, 0) is 12.1 Å². The fourth-order valence-corrected chi connectivity index (χ4v) is 1.52. The average molecular weight is 240 g/mol. The molecule has 0 aliphatic heterocycles. The highest BCUT2D eigenvalue weighted by molar-refractivity contribution is 5.95. The molecule has 0 bridgehead atoms. The fraction of sp³-hybridized carbons (Fsp3) is 0.0909. The van der Waals surface area contributed by atoms with Gasteiger partial charge in [0.05, 0.1) is 11.1 Å². The first-order chi connectivity index (χ1) is 7.89. The van der Waals surface area contributed by atoms with E-state index in [2.05, 4.69) is 4.98 Å². The van der Waals surface area contributed by atoms with E-state index in [-0.39, 0.29) is 0 Å². The van der Waals surface area contributed by atoms with Crippen molar-refractivity contribution in [2.75, 3.05) is 0 Å². The number of nitrogens with zero attached hydrogens (tertiary/aromatic N) is 1. The highest BCUT2D eigenvalue weighted by Gasteiger charge is 2.36. The Morgan fingerprint density at radius 1 is 1.24 bits per heavy atom. The minimum Gasteiger partial charge on any atom is -0.364 e. The first-order valence-electron chi connectivity index (χ1n) is 4.66. The summed E-state index contributed by atoms with van der Waals surface area (Å²) in [6.45, 7) is 0. The SMILES string of the molecule is NC(=O)c1nc2ccccc2cc1C(F)(F)F. The third-order valence-corrected chi connectivity index (χ3v) is 2.26. The molecule has 88 valence electrons. The second kappa shape index (κ2) is 3.73. The summed E-state index contributed by atoms with van der Waals surface area (Å²) in [6.07, 6.45) is -4.65. The maximum Gasteiger partial charge on any atom is 0.418 e. The molecule has 6 heteroatoms. The van der Waals surface area contributed by atoms with E-state index in [1.165, 1.54) is 12.1 Å². The van der Waals surface area contributed by atoms with E-state index in [0.29, 0.717) is 10.9 Å². The molecule has 0 radical (unpaired) electrons. The molecule has 0 atom stereocenters. The second-order valence-electron chi connectivity index (χ2n) is 3.44. The smallest absolute Gasteiger partial charge is 0.364 e. The van der Waals surface area contributed by atoms with Gasteiger partial charge in [0.25, 0.3) is 5.91 Å². The Morgan fingerprint density at radius 3 is 2.47 bits per heavy atom. The van der Waals surface area contributed by atoms with Gasteiger partial charge >= 0.3 is 6.18 Å². The van der Waals surface area contributed by atoms with Gasteiger partial charge < -0.3 is 5.73 Å². The Bertz CT molecular complexity index is 593. The summed E-state index contributed by atoms with van der Waals surface area (Å²) >= 11 is 0. The number of para-hydroxylation sites is 1. The van der Waals surface area contributed by atoms with Gasteiger partial charge in [0, 0.05) is 5.39 Å². The summed E-state index contributed by atoms with van der Waals surface area (Å²) in [5.74, 6) is -1.19. The summed E-state index contributed by atoms with van der Waals surface area (Å²) in [5.41, 5.74) is 3.34. The zero-order chi connectivity index (χ0) is 12.6. The van der Waals surface area contributed by atoms with Gasteiger partial charge in [-0.2, -0.15) is 13.2 Å². The van der Waals surface area contributed by atoms with E-state index in [0.717, 1.165) is 6.07 Å². The molecule has 1 amide bonds. The summed E-state index contributed by atoms with van der Waals surface area (Å²) in [6, 6.07) is 7.09. The molecule has 1 heterocycles. The van der Waals surface area contributed by atoms with E-state index in [4.69, 9.17) is 5.73 Å². The average Bonchev–Trinajstić information content (AvgIpc) is 2.26. The van der Waals surface area contributed by atoms with Crippen LogP contribution in [0.5, 0.6) is 0 Å². The van der Waals surface area contributed by atoms with Crippen molar-refractivity contribution in [3.05, 3.63) is 41.6 Å². The molecule has 0 unspecified atom stereocenters. The molecular weight excluding hydrogens is 233 g/mol. The Morgan fingerprint density at radius 2 is 1.88 bits per heavy atom. The number of carbonyl (C=O) groups excluding carboxylic acids is 1. The van der Waals surface area contributed by atoms with Gasteiger partial charge in [0.2, 0.25) is 0 Å². The van der Waals surface area contributed by atoms with Crippen molar-refractivity contribution < 1.29 is 18.0 Å². The maximum atomic E-state index is 12.7. The van der Waals surface area contributed by atoms with E-state index in [9.17, 15) is 18.0 Å². The lowest BCUT2D eigenvalue weighted by molar-refractivity contribution is -0.138. The molecule has 0 aliphatic rings. The molecule has 2 aromatic rings. The first-order valence-corrected chi connectivity index (χ1v) is 4.66. The predicted octanol–water partition coefficient (Wildman–Crippen LogP) is 2.35. The van der Waals surface area contributed by atoms with Crippen LogP contribution in [0.15, 0.2) is 30.3 Å². The number of pyridine rings is 1. The summed E-state index contributed by atoms with van der Waals surface area (Å²) in [5, 5.41) is 0.310. The lowest BCUT2D eigenvalue weighted by Crippen LogP contribution is -2.20. The van der Waals surface area contributed by atoms with Gasteiger partial charge in [-0.1, -0.05) is 18.2 Å². The number of aromatic nitrogens is 1. The van der Waals surface area contributed by atoms with Crippen LogP contribution in [-0.4, -0.2) is 10.9 Å². The Hall–Kier alpha value is -2.11. The van der Waals surface area contributed by atoms with Crippen molar-refractivity contribution in [3.63, 3.8) is 0 Å². The summed E-state index contributed by atoms with van der Waals surface area (Å²) < 4.78 is 38.1. The van der Waals surface area contributed by atoms with Gasteiger partial charge in [-0.25, -0.2) is 4.98 Å². The molecule has 1 aromatic heterocycles. The molecule has 0 saturated carbocycles. The molecule has 0 saturated heterocycles. The van der Waals surface area contributed by atoms with Gasteiger partial charge in [0.1, 0.15) is 5.69 Å². The monoisotopic (exact) mass is 240 g/mol. The molecule has 0 fully saturated rings. The van der Waals surface area contributed by atoms with E-state index in [1.54, 1.807) is 12.1 Å². The minimum absolute atomic E-state index is 0.300. The number of primary amides is 1. The Kier molecular flexibility index (Phi) is 2.49. The fourth-order valence-electron chi connectivity index (χ4n) is 1.52. The first kappa shape index (κ1) is 11.4. The molecule has 2 rings (SSSR count). The lowest BCUT2D eigenvalue weighted by Gasteiger charge is -2.11. The van der Waals surface area contributed by atoms with E-state index in [1.807, 2.05) is 0 Å². The molecule has 1 aromatic carbocycles. The number of rotatable bonds is 1. The minimum atomic E-state index is -4.65. The number of amides is 1. The summed E-state index contributed by atoms with van der Waals surface area (Å²) in [4.78, 5) is 14.6. The molecule has 0 spiro atoms. The van der Waals surface area contributed by atoms with Crippen LogP contribution in [0.1, 0.15) is 16.1 Å². The zero-order valence-electron chi connectivity index (χ0n) is 8.45. The Balaban J connectivity index is 2.80. The molecule has 0 aliphatic carbocycles. The van der Waals surface area contributed by atoms with E-state index < -0.39 is 23.3 Å². The van der Waals surface area contributed by atoms with Crippen LogP contribution in [-0.2, 0) is 6.18 Å². The van der Waals surface area contributed by atoms with Gasteiger partial charge in [-0.3, -0.25) is 4.79 Å². The largest absolute Gasteiger partial charge is 0.418 e. The molecule has 17 heavy (non-hydrogen) atoms. The van der Waals surface area contributed by atoms with E-state index >= 15 is 0 Å². The third-order valence-electron chi connectivity index (χ3n) is 2.26. The molecular formula is C11H7F3N2O. The van der Waals surface area contributed by atoms with Crippen LogP contribution in [0.4, 0.5) is 13.2 Å². The van der Waals surface area contributed by atoms with Crippen molar-refractivity contribution in [1.82, 2.24) is 4.98 Å². The number of benzene rings is 1. The quantitative estimate of drug-likeness (QED) is 0.831. The van der Waals surface area contributed by atoms with Crippen molar-refractivity contribution in [2.45, 2.75) is 6.18 Å². The van der Waals surface area contributed by atoms with Crippen LogP contribution in [0.3, 0.4) is 0 Å². The highest BCUT2D eigenvalue weighted by Crippen LogP contribution is 2.33. The van der Waals surface area contributed by atoms with Crippen LogP contribution in [0, 0.1) is 0 Å². The number of halogens is 3. The van der Waals surface area contributed by atoms with Gasteiger partial charge in [0.15, 0.2) is 0 Å². The van der Waals surface area contributed by atoms with Crippen molar-refractivity contribution in [3.8, 4) is 0 Å². The Labute approximate surface area is 94.1 Å². The van der Waals surface area contributed by atoms with Crippen molar-refractivity contribution in [1.29, 1.82) is 0 Å². The van der Waals surface area contributed by atoms with Crippen molar-refractivity contribution in [2.24, 2.45) is 5.73 Å².